The highest BCUT2D eigenvalue weighted by Crippen LogP contribution is 2.53. The third kappa shape index (κ3) is 2.16. The molecule has 1 saturated carbocycles. The van der Waals surface area contributed by atoms with Crippen LogP contribution in [0, 0.1) is 5.41 Å². The molecule has 2 aliphatic rings. The van der Waals surface area contributed by atoms with Crippen molar-refractivity contribution in [2.75, 3.05) is 0 Å². The fourth-order valence-electron chi connectivity index (χ4n) is 3.14. The maximum absolute atomic E-state index is 11.3. The molecule has 0 spiro atoms. The van der Waals surface area contributed by atoms with Gasteiger partial charge in [-0.2, -0.15) is 0 Å². The number of hydrogen-bond donors (Lipinski definition) is 1. The van der Waals surface area contributed by atoms with Crippen LogP contribution in [0.25, 0.3) is 0 Å². The number of rotatable bonds is 3. The molecule has 0 amide bonds. The summed E-state index contributed by atoms with van der Waals surface area (Å²) in [6.45, 7) is 0. The predicted octanol–water partition coefficient (Wildman–Crippen LogP) is 0.102. The zero-order valence-electron chi connectivity index (χ0n) is 9.74. The molecule has 2 fully saturated rings. The Labute approximate surface area is 99.8 Å². The second-order valence-electron chi connectivity index (χ2n) is 5.12. The van der Waals surface area contributed by atoms with Crippen molar-refractivity contribution in [1.82, 2.24) is 0 Å². The summed E-state index contributed by atoms with van der Waals surface area (Å²) in [5, 5.41) is 21.0. The molecule has 0 unspecified atom stereocenters. The highest BCUT2D eigenvalue weighted by molar-refractivity contribution is 5.71. The quantitative estimate of drug-likeness (QED) is 0.708. The van der Waals surface area contributed by atoms with E-state index in [2.05, 4.69) is 0 Å². The molecule has 5 nitrogen and oxygen atoms in total. The molecule has 0 aromatic rings. The summed E-state index contributed by atoms with van der Waals surface area (Å²) in [5.41, 5.74) is -0.584. The van der Waals surface area contributed by atoms with E-state index in [0.29, 0.717) is 25.7 Å². The molecular weight excluding hydrogens is 224 g/mol. The standard InChI is InChI=1S/C12H18O5/c13-9(14)3-7-11-5-1-2-6-12(11,16)17-10(15)4-8-11/h16H,1-8H2,(H,13,14)/p-1/t11-,12-/m0/s1. The first-order valence-corrected chi connectivity index (χ1v) is 6.12. The molecule has 0 aromatic heterocycles. The minimum absolute atomic E-state index is 0.0974. The molecule has 1 heterocycles. The average Bonchev–Trinajstić information content (AvgIpc) is 2.26. The minimum Gasteiger partial charge on any atom is -0.550 e. The molecule has 17 heavy (non-hydrogen) atoms. The molecule has 2 atom stereocenters. The fraction of sp³-hybridized carbons (Fsp3) is 0.833. The van der Waals surface area contributed by atoms with E-state index in [1.807, 2.05) is 0 Å². The first-order valence-electron chi connectivity index (χ1n) is 6.12. The van der Waals surface area contributed by atoms with Gasteiger partial charge in [0.25, 0.3) is 0 Å². The van der Waals surface area contributed by atoms with Crippen LogP contribution in [0.3, 0.4) is 0 Å². The number of carboxylic acid groups (broad SMARTS) is 1. The lowest BCUT2D eigenvalue weighted by Gasteiger charge is -2.52. The highest BCUT2D eigenvalue weighted by Gasteiger charge is 2.56. The van der Waals surface area contributed by atoms with Crippen LogP contribution in [-0.4, -0.2) is 22.8 Å². The van der Waals surface area contributed by atoms with Gasteiger partial charge in [0, 0.05) is 24.2 Å². The first kappa shape index (κ1) is 12.4. The molecule has 1 N–H and O–H groups in total. The van der Waals surface area contributed by atoms with Crippen LogP contribution < -0.4 is 5.11 Å². The van der Waals surface area contributed by atoms with Gasteiger partial charge in [0.05, 0.1) is 0 Å². The second-order valence-corrected chi connectivity index (χ2v) is 5.12. The number of aliphatic hydroxyl groups is 1. The van der Waals surface area contributed by atoms with Gasteiger partial charge in [0.2, 0.25) is 5.79 Å². The van der Waals surface area contributed by atoms with Gasteiger partial charge in [-0.3, -0.25) is 4.79 Å². The Morgan fingerprint density at radius 3 is 2.76 bits per heavy atom. The van der Waals surface area contributed by atoms with Crippen molar-refractivity contribution in [2.24, 2.45) is 5.41 Å². The van der Waals surface area contributed by atoms with Crippen LogP contribution in [0.1, 0.15) is 51.4 Å². The number of carbonyl (C=O) groups excluding carboxylic acids is 2. The van der Waals surface area contributed by atoms with E-state index in [1.165, 1.54) is 0 Å². The average molecular weight is 241 g/mol. The van der Waals surface area contributed by atoms with E-state index in [-0.39, 0.29) is 12.8 Å². The van der Waals surface area contributed by atoms with Crippen LogP contribution in [0.4, 0.5) is 0 Å². The smallest absolute Gasteiger partial charge is 0.308 e. The molecule has 1 saturated heterocycles. The summed E-state index contributed by atoms with van der Waals surface area (Å²) < 4.78 is 5.12. The number of carbonyl (C=O) groups is 2. The fourth-order valence-corrected chi connectivity index (χ4v) is 3.14. The SMILES string of the molecule is O=C([O-])CC[C@]12CCCC[C@]1(O)OC(=O)CC2. The zero-order chi connectivity index (χ0) is 12.5. The van der Waals surface area contributed by atoms with Crippen molar-refractivity contribution in [1.29, 1.82) is 0 Å². The Kier molecular flexibility index (Phi) is 3.12. The maximum atomic E-state index is 11.3. The molecule has 1 aliphatic carbocycles. The molecule has 0 aromatic carbocycles. The van der Waals surface area contributed by atoms with Crippen molar-refractivity contribution in [3.05, 3.63) is 0 Å². The van der Waals surface area contributed by atoms with Gasteiger partial charge >= 0.3 is 5.97 Å². The lowest BCUT2D eigenvalue weighted by molar-refractivity contribution is -0.312. The molecule has 5 heteroatoms. The van der Waals surface area contributed by atoms with Gasteiger partial charge in [-0.25, -0.2) is 0 Å². The molecule has 1 aliphatic heterocycles. The van der Waals surface area contributed by atoms with Crippen molar-refractivity contribution >= 4 is 11.9 Å². The normalized spacial score (nSPS) is 37.1. The Morgan fingerprint density at radius 1 is 1.35 bits per heavy atom. The van der Waals surface area contributed by atoms with Crippen molar-refractivity contribution in [2.45, 2.75) is 57.2 Å². The van der Waals surface area contributed by atoms with E-state index in [9.17, 15) is 19.8 Å². The van der Waals surface area contributed by atoms with E-state index in [1.54, 1.807) is 0 Å². The largest absolute Gasteiger partial charge is 0.550 e. The van der Waals surface area contributed by atoms with Gasteiger partial charge in [-0.05, 0) is 32.1 Å². The Morgan fingerprint density at radius 2 is 2.06 bits per heavy atom. The first-order chi connectivity index (χ1) is 7.97. The topological polar surface area (TPSA) is 86.7 Å². The molecule has 2 rings (SSSR count). The summed E-state index contributed by atoms with van der Waals surface area (Å²) in [6, 6.07) is 0. The summed E-state index contributed by atoms with van der Waals surface area (Å²) in [5.74, 6) is -2.97. The van der Waals surface area contributed by atoms with E-state index in [4.69, 9.17) is 4.74 Å². The second kappa shape index (κ2) is 4.29. The number of hydrogen-bond acceptors (Lipinski definition) is 5. The Hall–Kier alpha value is -1.10. The number of esters is 1. The maximum Gasteiger partial charge on any atom is 0.308 e. The number of fused-ring (bicyclic) bond motifs is 1. The summed E-state index contributed by atoms with van der Waals surface area (Å²) >= 11 is 0. The van der Waals surface area contributed by atoms with Crippen LogP contribution >= 0.6 is 0 Å². The summed E-state index contributed by atoms with van der Waals surface area (Å²) in [6.07, 6.45) is 3.85. The van der Waals surface area contributed by atoms with Crippen LogP contribution in [-0.2, 0) is 14.3 Å². The van der Waals surface area contributed by atoms with Crippen LogP contribution in [0.2, 0.25) is 0 Å². The Bertz CT molecular complexity index is 340. The lowest BCUT2D eigenvalue weighted by atomic mass is 9.63. The van der Waals surface area contributed by atoms with Crippen LogP contribution in [0.15, 0.2) is 0 Å². The van der Waals surface area contributed by atoms with Crippen molar-refractivity contribution in [3.8, 4) is 0 Å². The van der Waals surface area contributed by atoms with Crippen molar-refractivity contribution < 1.29 is 24.5 Å². The number of aliphatic carboxylic acids is 1. The van der Waals surface area contributed by atoms with Gasteiger partial charge in [-0.1, -0.05) is 6.42 Å². The van der Waals surface area contributed by atoms with Crippen LogP contribution in [0.5, 0.6) is 0 Å². The van der Waals surface area contributed by atoms with E-state index in [0.717, 1.165) is 12.8 Å². The Balaban J connectivity index is 2.19. The molecule has 0 radical (unpaired) electrons. The van der Waals surface area contributed by atoms with Gasteiger partial charge in [-0.15, -0.1) is 0 Å². The van der Waals surface area contributed by atoms with E-state index >= 15 is 0 Å². The number of ether oxygens (including phenoxy) is 1. The van der Waals surface area contributed by atoms with Crippen molar-refractivity contribution in [3.63, 3.8) is 0 Å². The third-order valence-corrected chi connectivity index (χ3v) is 4.15. The highest BCUT2D eigenvalue weighted by atomic mass is 16.7. The third-order valence-electron chi connectivity index (χ3n) is 4.15. The monoisotopic (exact) mass is 241 g/mol. The number of carboxylic acids is 1. The molecule has 96 valence electrons. The molecule has 0 bridgehead atoms. The molecular formula is C12H17O5-. The zero-order valence-corrected chi connectivity index (χ0v) is 9.74. The van der Waals surface area contributed by atoms with Gasteiger partial charge in [0.15, 0.2) is 0 Å². The summed E-state index contributed by atoms with van der Waals surface area (Å²) in [7, 11) is 0. The minimum atomic E-state index is -1.46. The summed E-state index contributed by atoms with van der Waals surface area (Å²) in [4.78, 5) is 21.9. The lowest BCUT2D eigenvalue weighted by Crippen LogP contribution is -2.57. The van der Waals surface area contributed by atoms with Gasteiger partial charge < -0.3 is 19.7 Å². The predicted molar refractivity (Wildman–Crippen MR) is 55.4 cm³/mol. The van der Waals surface area contributed by atoms with Gasteiger partial charge in [0.1, 0.15) is 0 Å². The van der Waals surface area contributed by atoms with E-state index < -0.39 is 23.1 Å².